The van der Waals surface area contributed by atoms with E-state index in [-0.39, 0.29) is 11.1 Å². The van der Waals surface area contributed by atoms with Crippen molar-refractivity contribution < 1.29 is 4.79 Å². The van der Waals surface area contributed by atoms with E-state index >= 15 is 0 Å². The summed E-state index contributed by atoms with van der Waals surface area (Å²) in [5.41, 5.74) is 0.593. The Hall–Kier alpha value is -2.42. The molecule has 0 saturated heterocycles. The van der Waals surface area contributed by atoms with Gasteiger partial charge in [0.05, 0.1) is 11.1 Å². The second-order valence-electron chi connectivity index (χ2n) is 3.92. The van der Waals surface area contributed by atoms with Crippen molar-refractivity contribution in [3.05, 3.63) is 58.4 Å². The normalized spacial score (nSPS) is 10.8. The van der Waals surface area contributed by atoms with Crippen LogP contribution in [0.5, 0.6) is 0 Å². The van der Waals surface area contributed by atoms with Crippen LogP contribution in [0.4, 0.5) is 0 Å². The number of hydrogen-bond donors (Lipinski definition) is 1. The number of fused-ring (bicyclic) bond motifs is 3. The predicted octanol–water partition coefficient (Wildman–Crippen LogP) is 2.49. The molecule has 0 bridgehead atoms. The first kappa shape index (κ1) is 9.78. The summed E-state index contributed by atoms with van der Waals surface area (Å²) in [6.07, 6.45) is 0.577. The van der Waals surface area contributed by atoms with Crippen molar-refractivity contribution in [3.63, 3.8) is 0 Å². The van der Waals surface area contributed by atoms with Crippen LogP contribution in [-0.2, 0) is 0 Å². The number of carbonyl (C=O) groups excluding carboxylic acids is 1. The zero-order valence-electron chi connectivity index (χ0n) is 8.94. The van der Waals surface area contributed by atoms with E-state index in [0.717, 1.165) is 21.7 Å². The molecule has 0 saturated carbocycles. The summed E-state index contributed by atoms with van der Waals surface area (Å²) in [5.74, 6) is 0. The standard InChI is InChI=1S/C14H9NO2/c16-8-11-7-10-6-5-9-3-1-2-4-12(9)13(10)15-14(11)17/h1-8H,(H,15,17). The monoisotopic (exact) mass is 223 g/mol. The fourth-order valence-corrected chi connectivity index (χ4v) is 2.05. The minimum absolute atomic E-state index is 0.160. The third-order valence-corrected chi connectivity index (χ3v) is 2.90. The largest absolute Gasteiger partial charge is 0.321 e. The van der Waals surface area contributed by atoms with Gasteiger partial charge in [-0.3, -0.25) is 9.59 Å². The van der Waals surface area contributed by atoms with Gasteiger partial charge in [0.2, 0.25) is 0 Å². The molecule has 0 fully saturated rings. The summed E-state index contributed by atoms with van der Waals surface area (Å²) in [6, 6.07) is 13.3. The quantitative estimate of drug-likeness (QED) is 0.509. The van der Waals surface area contributed by atoms with Crippen LogP contribution in [0, 0.1) is 0 Å². The Kier molecular flexibility index (Phi) is 2.05. The average Bonchev–Trinajstić information content (AvgIpc) is 2.38. The molecule has 3 nitrogen and oxygen atoms in total. The zero-order chi connectivity index (χ0) is 11.8. The Morgan fingerprint density at radius 2 is 1.76 bits per heavy atom. The van der Waals surface area contributed by atoms with Crippen molar-refractivity contribution in [1.29, 1.82) is 0 Å². The van der Waals surface area contributed by atoms with Crippen molar-refractivity contribution in [1.82, 2.24) is 4.98 Å². The molecule has 0 unspecified atom stereocenters. The van der Waals surface area contributed by atoms with Gasteiger partial charge < -0.3 is 4.98 Å². The number of H-pyrrole nitrogens is 1. The summed E-state index contributed by atoms with van der Waals surface area (Å²) in [5, 5.41) is 2.92. The molecule has 82 valence electrons. The van der Waals surface area contributed by atoms with E-state index in [4.69, 9.17) is 0 Å². The third kappa shape index (κ3) is 1.44. The van der Waals surface area contributed by atoms with Crippen molar-refractivity contribution in [2.75, 3.05) is 0 Å². The second kappa shape index (κ2) is 3.56. The molecule has 1 N–H and O–H groups in total. The minimum Gasteiger partial charge on any atom is -0.321 e. The number of benzene rings is 2. The lowest BCUT2D eigenvalue weighted by Gasteiger charge is -2.03. The topological polar surface area (TPSA) is 49.9 Å². The molecule has 3 aromatic rings. The molecule has 1 aromatic heterocycles. The lowest BCUT2D eigenvalue weighted by atomic mass is 10.1. The molecule has 3 rings (SSSR count). The van der Waals surface area contributed by atoms with Crippen LogP contribution < -0.4 is 5.56 Å². The number of nitrogens with one attached hydrogen (secondary N) is 1. The SMILES string of the molecule is O=Cc1cc2ccc3ccccc3c2[nH]c1=O. The zero-order valence-corrected chi connectivity index (χ0v) is 8.94. The Labute approximate surface area is 96.7 Å². The maximum absolute atomic E-state index is 11.6. The Morgan fingerprint density at radius 3 is 2.59 bits per heavy atom. The number of rotatable bonds is 1. The van der Waals surface area contributed by atoms with Gasteiger partial charge in [-0.15, -0.1) is 0 Å². The van der Waals surface area contributed by atoms with Crippen LogP contribution in [0.1, 0.15) is 10.4 Å². The van der Waals surface area contributed by atoms with E-state index in [2.05, 4.69) is 4.98 Å². The first-order chi connectivity index (χ1) is 8.29. The van der Waals surface area contributed by atoms with Gasteiger partial charge in [0.25, 0.3) is 5.56 Å². The van der Waals surface area contributed by atoms with Crippen LogP contribution in [0.3, 0.4) is 0 Å². The molecule has 17 heavy (non-hydrogen) atoms. The van der Waals surface area contributed by atoms with Crippen LogP contribution in [0.2, 0.25) is 0 Å². The number of hydrogen-bond acceptors (Lipinski definition) is 2. The molecule has 1 heterocycles. The van der Waals surface area contributed by atoms with E-state index in [9.17, 15) is 9.59 Å². The molecule has 0 amide bonds. The maximum atomic E-state index is 11.6. The van der Waals surface area contributed by atoms with Crippen molar-refractivity contribution >= 4 is 28.0 Å². The maximum Gasteiger partial charge on any atom is 0.259 e. The van der Waals surface area contributed by atoms with Gasteiger partial charge in [-0.1, -0.05) is 36.4 Å². The molecular formula is C14H9NO2. The van der Waals surface area contributed by atoms with Gasteiger partial charge in [0.15, 0.2) is 6.29 Å². The highest BCUT2D eigenvalue weighted by molar-refractivity contribution is 6.05. The number of aromatic nitrogens is 1. The van der Waals surface area contributed by atoms with E-state index in [1.807, 2.05) is 36.4 Å². The molecule has 3 heteroatoms. The Balaban J connectivity index is 2.55. The van der Waals surface area contributed by atoms with Crippen LogP contribution in [0.15, 0.2) is 47.3 Å². The molecule has 0 radical (unpaired) electrons. The van der Waals surface area contributed by atoms with Crippen LogP contribution >= 0.6 is 0 Å². The first-order valence-corrected chi connectivity index (χ1v) is 5.29. The van der Waals surface area contributed by atoms with Crippen LogP contribution in [-0.4, -0.2) is 11.3 Å². The summed E-state index contributed by atoms with van der Waals surface area (Å²) < 4.78 is 0. The van der Waals surface area contributed by atoms with Gasteiger partial charge in [0, 0.05) is 5.39 Å². The fraction of sp³-hybridized carbons (Fsp3) is 0. The van der Waals surface area contributed by atoms with E-state index in [0.29, 0.717) is 6.29 Å². The van der Waals surface area contributed by atoms with Gasteiger partial charge in [0.1, 0.15) is 0 Å². The molecule has 2 aromatic carbocycles. The molecule has 0 aliphatic heterocycles. The molecule has 0 aliphatic carbocycles. The predicted molar refractivity (Wildman–Crippen MR) is 67.5 cm³/mol. The minimum atomic E-state index is -0.344. The molecule has 0 spiro atoms. The lowest BCUT2D eigenvalue weighted by molar-refractivity contribution is 0.112. The second-order valence-corrected chi connectivity index (χ2v) is 3.92. The number of pyridine rings is 1. The van der Waals surface area contributed by atoms with Gasteiger partial charge >= 0.3 is 0 Å². The van der Waals surface area contributed by atoms with Gasteiger partial charge in [-0.2, -0.15) is 0 Å². The number of carbonyl (C=O) groups is 1. The fourth-order valence-electron chi connectivity index (χ4n) is 2.05. The highest BCUT2D eigenvalue weighted by Gasteiger charge is 2.04. The van der Waals surface area contributed by atoms with Crippen molar-refractivity contribution in [2.24, 2.45) is 0 Å². The van der Waals surface area contributed by atoms with E-state index < -0.39 is 0 Å². The van der Waals surface area contributed by atoms with Crippen molar-refractivity contribution in [3.8, 4) is 0 Å². The smallest absolute Gasteiger partial charge is 0.259 e. The summed E-state index contributed by atoms with van der Waals surface area (Å²) in [7, 11) is 0. The van der Waals surface area contributed by atoms with E-state index in [1.54, 1.807) is 6.07 Å². The molecular weight excluding hydrogens is 214 g/mol. The Morgan fingerprint density at radius 1 is 1.00 bits per heavy atom. The third-order valence-electron chi connectivity index (χ3n) is 2.90. The highest BCUT2D eigenvalue weighted by Crippen LogP contribution is 2.22. The molecule has 0 atom stereocenters. The van der Waals surface area contributed by atoms with E-state index in [1.165, 1.54) is 0 Å². The first-order valence-electron chi connectivity index (χ1n) is 5.29. The van der Waals surface area contributed by atoms with Crippen LogP contribution in [0.25, 0.3) is 21.7 Å². The van der Waals surface area contributed by atoms with Gasteiger partial charge in [-0.25, -0.2) is 0 Å². The Bertz CT molecular complexity index is 787. The molecule has 0 aliphatic rings. The summed E-state index contributed by atoms with van der Waals surface area (Å²) in [6.45, 7) is 0. The summed E-state index contributed by atoms with van der Waals surface area (Å²) in [4.78, 5) is 25.1. The van der Waals surface area contributed by atoms with Gasteiger partial charge in [-0.05, 0) is 16.8 Å². The highest BCUT2D eigenvalue weighted by atomic mass is 16.1. The number of aromatic amines is 1. The average molecular weight is 223 g/mol. The number of aldehydes is 1. The lowest BCUT2D eigenvalue weighted by Crippen LogP contribution is -2.11. The summed E-state index contributed by atoms with van der Waals surface area (Å²) >= 11 is 0. The van der Waals surface area contributed by atoms with Crippen molar-refractivity contribution in [2.45, 2.75) is 0 Å².